The van der Waals surface area contributed by atoms with Crippen molar-refractivity contribution in [1.82, 2.24) is 9.97 Å². The summed E-state index contributed by atoms with van der Waals surface area (Å²) in [7, 11) is 1.63. The van der Waals surface area contributed by atoms with E-state index in [-0.39, 0.29) is 5.78 Å². The number of hydrogen-bond donors (Lipinski definition) is 0. The third-order valence-electron chi connectivity index (χ3n) is 7.08. The van der Waals surface area contributed by atoms with Crippen molar-refractivity contribution in [3.8, 4) is 11.5 Å². The summed E-state index contributed by atoms with van der Waals surface area (Å²) in [6, 6.07) is 14.1. The van der Waals surface area contributed by atoms with Gasteiger partial charge in [-0.3, -0.25) is 4.79 Å². The second-order valence-corrected chi connectivity index (χ2v) is 9.55. The molecular weight excluding hydrogens is 426 g/mol. The summed E-state index contributed by atoms with van der Waals surface area (Å²) in [5.74, 6) is 3.27. The van der Waals surface area contributed by atoms with Crippen LogP contribution in [0.4, 0.5) is 5.82 Å². The fourth-order valence-corrected chi connectivity index (χ4v) is 5.10. The lowest BCUT2D eigenvalue weighted by molar-refractivity contribution is 0.0229. The number of ketones is 1. The highest BCUT2D eigenvalue weighted by Gasteiger charge is 2.43. The molecule has 5 rings (SSSR count). The number of ether oxygens (including phenoxy) is 2. The molecule has 1 aromatic heterocycles. The molecule has 6 heteroatoms. The van der Waals surface area contributed by atoms with Gasteiger partial charge in [0.25, 0.3) is 0 Å². The standard InChI is InChI=1S/C28H31N3O3/c1-18-5-7-21(8-6-18)15-24-19(2)29-20(3)30-27(24)31-13-11-28(12-14-31)17-25(32)23-10-9-22(33-4)16-26(23)34-28/h5-10,16H,11-15,17H2,1-4H3. The molecule has 6 nitrogen and oxygen atoms in total. The normalized spacial score (nSPS) is 16.8. The van der Waals surface area contributed by atoms with Crippen LogP contribution in [0.3, 0.4) is 0 Å². The van der Waals surface area contributed by atoms with E-state index >= 15 is 0 Å². The Kier molecular flexibility index (Phi) is 5.76. The minimum Gasteiger partial charge on any atom is -0.497 e. The van der Waals surface area contributed by atoms with Crippen LogP contribution >= 0.6 is 0 Å². The largest absolute Gasteiger partial charge is 0.497 e. The van der Waals surface area contributed by atoms with Gasteiger partial charge in [-0.25, -0.2) is 9.97 Å². The zero-order chi connectivity index (χ0) is 23.9. The number of fused-ring (bicyclic) bond motifs is 1. The van der Waals surface area contributed by atoms with Crippen molar-refractivity contribution in [2.24, 2.45) is 0 Å². The van der Waals surface area contributed by atoms with Crippen LogP contribution in [0.2, 0.25) is 0 Å². The van der Waals surface area contributed by atoms with E-state index in [1.807, 2.05) is 25.1 Å². The number of methoxy groups -OCH3 is 1. The summed E-state index contributed by atoms with van der Waals surface area (Å²) in [5.41, 5.74) is 4.87. The van der Waals surface area contributed by atoms with Gasteiger partial charge in [0.05, 0.1) is 19.1 Å². The monoisotopic (exact) mass is 457 g/mol. The first-order valence-electron chi connectivity index (χ1n) is 11.9. The third kappa shape index (κ3) is 4.25. The molecule has 0 amide bonds. The van der Waals surface area contributed by atoms with Gasteiger partial charge in [-0.15, -0.1) is 0 Å². The van der Waals surface area contributed by atoms with E-state index in [4.69, 9.17) is 14.5 Å². The number of rotatable bonds is 4. The Morgan fingerprint density at radius 1 is 1.03 bits per heavy atom. The number of nitrogens with zero attached hydrogens (tertiary/aromatic N) is 3. The molecule has 2 aromatic carbocycles. The van der Waals surface area contributed by atoms with Crippen LogP contribution in [0.15, 0.2) is 42.5 Å². The summed E-state index contributed by atoms with van der Waals surface area (Å²) in [6.45, 7) is 7.68. The fraction of sp³-hybridized carbons (Fsp3) is 0.393. The second kappa shape index (κ2) is 8.75. The molecule has 0 unspecified atom stereocenters. The van der Waals surface area contributed by atoms with E-state index < -0.39 is 5.60 Å². The number of aromatic nitrogens is 2. The molecule has 0 N–H and O–H groups in total. The number of piperidine rings is 1. The summed E-state index contributed by atoms with van der Waals surface area (Å²) >= 11 is 0. The number of hydrogen-bond acceptors (Lipinski definition) is 6. The summed E-state index contributed by atoms with van der Waals surface area (Å²) in [5, 5.41) is 0. The zero-order valence-electron chi connectivity index (χ0n) is 20.4. The molecule has 2 aliphatic heterocycles. The smallest absolute Gasteiger partial charge is 0.170 e. The van der Waals surface area contributed by atoms with Crippen molar-refractivity contribution in [3.05, 3.63) is 76.2 Å². The molecule has 2 aliphatic rings. The number of anilines is 1. The number of carbonyl (C=O) groups excluding carboxylic acids is 1. The molecule has 0 aliphatic carbocycles. The van der Waals surface area contributed by atoms with E-state index in [1.165, 1.54) is 16.7 Å². The first-order valence-corrected chi connectivity index (χ1v) is 11.9. The molecule has 1 fully saturated rings. The molecule has 0 atom stereocenters. The highest BCUT2D eigenvalue weighted by atomic mass is 16.5. The van der Waals surface area contributed by atoms with Crippen LogP contribution in [0.5, 0.6) is 11.5 Å². The molecule has 176 valence electrons. The van der Waals surface area contributed by atoms with Gasteiger partial charge in [0.2, 0.25) is 0 Å². The maximum atomic E-state index is 12.9. The predicted molar refractivity (Wildman–Crippen MR) is 132 cm³/mol. The summed E-state index contributed by atoms with van der Waals surface area (Å²) in [6.07, 6.45) is 2.74. The number of carbonyl (C=O) groups is 1. The summed E-state index contributed by atoms with van der Waals surface area (Å²) < 4.78 is 11.8. The van der Waals surface area contributed by atoms with E-state index in [9.17, 15) is 4.79 Å². The quantitative estimate of drug-likeness (QED) is 0.549. The topological polar surface area (TPSA) is 64.6 Å². The summed E-state index contributed by atoms with van der Waals surface area (Å²) in [4.78, 5) is 24.8. The van der Waals surface area contributed by atoms with E-state index in [0.717, 1.165) is 49.7 Å². The predicted octanol–water partition coefficient (Wildman–Crippen LogP) is 5.01. The molecule has 0 radical (unpaired) electrons. The maximum Gasteiger partial charge on any atom is 0.170 e. The number of benzene rings is 2. The first-order chi connectivity index (χ1) is 16.4. The molecular formula is C28H31N3O3. The molecule has 1 spiro atoms. The lowest BCUT2D eigenvalue weighted by atomic mass is 9.82. The Morgan fingerprint density at radius 2 is 1.76 bits per heavy atom. The van der Waals surface area contributed by atoms with Gasteiger partial charge in [-0.2, -0.15) is 0 Å². The number of aryl methyl sites for hydroxylation is 3. The molecule has 3 heterocycles. The average molecular weight is 458 g/mol. The molecule has 34 heavy (non-hydrogen) atoms. The van der Waals surface area contributed by atoms with Gasteiger partial charge >= 0.3 is 0 Å². The van der Waals surface area contributed by atoms with Crippen molar-refractivity contribution < 1.29 is 14.3 Å². The Morgan fingerprint density at radius 3 is 2.47 bits per heavy atom. The van der Waals surface area contributed by atoms with E-state index in [2.05, 4.69) is 48.0 Å². The van der Waals surface area contributed by atoms with Crippen LogP contribution in [0, 0.1) is 20.8 Å². The van der Waals surface area contributed by atoms with Crippen molar-refractivity contribution in [2.45, 2.75) is 52.1 Å². The van der Waals surface area contributed by atoms with Gasteiger partial charge in [0.15, 0.2) is 5.78 Å². The second-order valence-electron chi connectivity index (χ2n) is 9.55. The molecule has 1 saturated heterocycles. The van der Waals surface area contributed by atoms with E-state index in [1.54, 1.807) is 7.11 Å². The van der Waals surface area contributed by atoms with Crippen LogP contribution in [0.25, 0.3) is 0 Å². The lowest BCUT2D eigenvalue weighted by Crippen LogP contribution is -2.51. The zero-order valence-corrected chi connectivity index (χ0v) is 20.4. The maximum absolute atomic E-state index is 12.9. The molecule has 0 saturated carbocycles. The van der Waals surface area contributed by atoms with Gasteiger partial charge in [-0.05, 0) is 38.5 Å². The Bertz CT molecular complexity index is 1230. The fourth-order valence-electron chi connectivity index (χ4n) is 5.10. The average Bonchev–Trinajstić information content (AvgIpc) is 2.82. The SMILES string of the molecule is COc1ccc2c(c1)OC1(CCN(c3nc(C)nc(C)c3Cc3ccc(C)cc3)CC1)CC2=O. The number of Topliss-reactive ketones (excluding diaryl/α,β-unsaturated/α-hetero) is 1. The van der Waals surface area contributed by atoms with Gasteiger partial charge in [0.1, 0.15) is 28.7 Å². The van der Waals surface area contributed by atoms with E-state index in [0.29, 0.717) is 23.5 Å². The van der Waals surface area contributed by atoms with Crippen LogP contribution in [-0.2, 0) is 6.42 Å². The highest BCUT2D eigenvalue weighted by molar-refractivity contribution is 6.00. The highest BCUT2D eigenvalue weighted by Crippen LogP contribution is 2.41. The van der Waals surface area contributed by atoms with Crippen molar-refractivity contribution in [3.63, 3.8) is 0 Å². The molecule has 0 bridgehead atoms. The Labute approximate surface area is 201 Å². The van der Waals surface area contributed by atoms with Gasteiger partial charge in [-0.1, -0.05) is 29.8 Å². The first kappa shape index (κ1) is 22.4. The third-order valence-corrected chi connectivity index (χ3v) is 7.08. The van der Waals surface area contributed by atoms with Crippen molar-refractivity contribution in [2.75, 3.05) is 25.1 Å². The van der Waals surface area contributed by atoms with Crippen molar-refractivity contribution >= 4 is 11.6 Å². The minimum atomic E-state index is -0.471. The Hall–Kier alpha value is -3.41. The van der Waals surface area contributed by atoms with Crippen LogP contribution in [0.1, 0.15) is 57.8 Å². The van der Waals surface area contributed by atoms with Crippen molar-refractivity contribution in [1.29, 1.82) is 0 Å². The Balaban J connectivity index is 1.38. The van der Waals surface area contributed by atoms with Crippen LogP contribution in [-0.4, -0.2) is 41.6 Å². The lowest BCUT2D eigenvalue weighted by Gasteiger charge is -2.44. The minimum absolute atomic E-state index is 0.145. The van der Waals surface area contributed by atoms with Gasteiger partial charge < -0.3 is 14.4 Å². The molecule has 3 aromatic rings. The van der Waals surface area contributed by atoms with Crippen LogP contribution < -0.4 is 14.4 Å². The van der Waals surface area contributed by atoms with Gasteiger partial charge in [0, 0.05) is 49.7 Å².